The molecule has 0 spiro atoms. The lowest BCUT2D eigenvalue weighted by Gasteiger charge is -2.22. The van der Waals surface area contributed by atoms with E-state index in [0.717, 1.165) is 16.2 Å². The SMILES string of the molecule is COCOC(C)C(O)Cn1c(-c2cccc(C)c2)cc(C(F)(F)F)cc1=O. The van der Waals surface area contributed by atoms with E-state index in [0.29, 0.717) is 11.6 Å². The minimum absolute atomic E-state index is 0.0507. The maximum absolute atomic E-state index is 13.2. The predicted octanol–water partition coefficient (Wildman–Crippen LogP) is 3.21. The van der Waals surface area contributed by atoms with Gasteiger partial charge in [0.1, 0.15) is 6.79 Å². The maximum atomic E-state index is 13.2. The lowest BCUT2D eigenvalue weighted by molar-refractivity contribution is -0.137. The molecule has 2 atom stereocenters. The minimum Gasteiger partial charge on any atom is -0.389 e. The number of nitrogens with zero attached hydrogens (tertiary/aromatic N) is 1. The van der Waals surface area contributed by atoms with Crippen molar-refractivity contribution in [2.75, 3.05) is 13.9 Å². The van der Waals surface area contributed by atoms with Crippen LogP contribution in [0.5, 0.6) is 0 Å². The van der Waals surface area contributed by atoms with Crippen molar-refractivity contribution in [3.63, 3.8) is 0 Å². The van der Waals surface area contributed by atoms with Gasteiger partial charge in [0.2, 0.25) is 0 Å². The van der Waals surface area contributed by atoms with Crippen LogP contribution in [0.4, 0.5) is 13.2 Å². The van der Waals surface area contributed by atoms with E-state index in [2.05, 4.69) is 0 Å². The van der Waals surface area contributed by atoms with Crippen LogP contribution >= 0.6 is 0 Å². The molecule has 0 amide bonds. The molecule has 0 aliphatic heterocycles. The molecule has 148 valence electrons. The van der Waals surface area contributed by atoms with Crippen LogP contribution in [-0.2, 0) is 22.2 Å². The molecule has 1 aromatic carbocycles. The highest BCUT2D eigenvalue weighted by Gasteiger charge is 2.32. The van der Waals surface area contributed by atoms with Crippen LogP contribution in [0.2, 0.25) is 0 Å². The first-order valence-corrected chi connectivity index (χ1v) is 8.31. The largest absolute Gasteiger partial charge is 0.416 e. The molecule has 8 heteroatoms. The van der Waals surface area contributed by atoms with Crippen LogP contribution in [0.3, 0.4) is 0 Å². The van der Waals surface area contributed by atoms with Gasteiger partial charge in [-0.1, -0.05) is 23.8 Å². The first-order chi connectivity index (χ1) is 12.6. The monoisotopic (exact) mass is 385 g/mol. The molecule has 0 aliphatic carbocycles. The number of alkyl halides is 3. The summed E-state index contributed by atoms with van der Waals surface area (Å²) in [5.41, 5.74) is -0.508. The van der Waals surface area contributed by atoms with Crippen molar-refractivity contribution in [2.24, 2.45) is 0 Å². The standard InChI is InChI=1S/C19H22F3NO4/c1-12-5-4-6-14(7-12)16-8-15(19(20,21)22)9-18(25)23(16)10-17(24)13(2)27-11-26-3/h4-9,13,17,24H,10-11H2,1-3H3. The van der Waals surface area contributed by atoms with Gasteiger partial charge in [-0.15, -0.1) is 0 Å². The van der Waals surface area contributed by atoms with Crippen LogP contribution in [0.1, 0.15) is 18.1 Å². The summed E-state index contributed by atoms with van der Waals surface area (Å²) < 4.78 is 50.7. The van der Waals surface area contributed by atoms with E-state index in [-0.39, 0.29) is 19.0 Å². The normalized spacial score (nSPS) is 14.2. The summed E-state index contributed by atoms with van der Waals surface area (Å²) in [5, 5.41) is 10.3. The molecule has 0 radical (unpaired) electrons. The molecule has 0 bridgehead atoms. The van der Waals surface area contributed by atoms with Crippen molar-refractivity contribution in [1.82, 2.24) is 4.57 Å². The van der Waals surface area contributed by atoms with Crippen molar-refractivity contribution in [1.29, 1.82) is 0 Å². The molecule has 0 aliphatic rings. The van der Waals surface area contributed by atoms with E-state index in [4.69, 9.17) is 9.47 Å². The van der Waals surface area contributed by atoms with E-state index >= 15 is 0 Å². The van der Waals surface area contributed by atoms with Crippen molar-refractivity contribution in [3.05, 3.63) is 57.9 Å². The molecule has 1 N–H and O–H groups in total. The zero-order chi connectivity index (χ0) is 20.2. The van der Waals surface area contributed by atoms with Crippen molar-refractivity contribution in [3.8, 4) is 11.3 Å². The molecular weight excluding hydrogens is 363 g/mol. The predicted molar refractivity (Wildman–Crippen MR) is 94.3 cm³/mol. The van der Waals surface area contributed by atoms with Gasteiger partial charge >= 0.3 is 6.18 Å². The fourth-order valence-corrected chi connectivity index (χ4v) is 2.61. The molecule has 2 aromatic rings. The van der Waals surface area contributed by atoms with E-state index < -0.39 is 29.5 Å². The smallest absolute Gasteiger partial charge is 0.389 e. The van der Waals surface area contributed by atoms with Gasteiger partial charge in [-0.05, 0) is 31.5 Å². The third-order valence-corrected chi connectivity index (χ3v) is 4.13. The van der Waals surface area contributed by atoms with Crippen LogP contribution in [0.25, 0.3) is 11.3 Å². The maximum Gasteiger partial charge on any atom is 0.416 e. The number of halogens is 3. The Hall–Kier alpha value is -2.16. The van der Waals surface area contributed by atoms with Gasteiger partial charge in [-0.25, -0.2) is 0 Å². The Kier molecular flexibility index (Phi) is 6.80. The first kappa shape index (κ1) is 21.1. The fraction of sp³-hybridized carbons (Fsp3) is 0.421. The number of pyridine rings is 1. The highest BCUT2D eigenvalue weighted by Crippen LogP contribution is 2.31. The number of methoxy groups -OCH3 is 1. The summed E-state index contributed by atoms with van der Waals surface area (Å²) >= 11 is 0. The third kappa shape index (κ3) is 5.41. The van der Waals surface area contributed by atoms with Gasteiger partial charge < -0.3 is 19.1 Å². The highest BCUT2D eigenvalue weighted by atomic mass is 19.4. The Morgan fingerprint density at radius 3 is 2.52 bits per heavy atom. The third-order valence-electron chi connectivity index (χ3n) is 4.13. The van der Waals surface area contributed by atoms with Gasteiger partial charge in [-0.3, -0.25) is 4.79 Å². The summed E-state index contributed by atoms with van der Waals surface area (Å²) in [6.45, 7) is 3.12. The summed E-state index contributed by atoms with van der Waals surface area (Å²) in [6, 6.07) is 8.25. The summed E-state index contributed by atoms with van der Waals surface area (Å²) in [7, 11) is 1.43. The Bertz CT molecular complexity index is 832. The molecule has 2 unspecified atom stereocenters. The quantitative estimate of drug-likeness (QED) is 0.744. The van der Waals surface area contributed by atoms with Gasteiger partial charge in [0.15, 0.2) is 0 Å². The average molecular weight is 385 g/mol. The Morgan fingerprint density at radius 2 is 1.93 bits per heavy atom. The van der Waals surface area contributed by atoms with E-state index in [1.165, 1.54) is 7.11 Å². The number of aliphatic hydroxyl groups is 1. The van der Waals surface area contributed by atoms with Crippen LogP contribution in [-0.4, -0.2) is 35.8 Å². The number of aryl methyl sites for hydroxylation is 1. The molecule has 1 heterocycles. The van der Waals surface area contributed by atoms with Crippen molar-refractivity contribution >= 4 is 0 Å². The van der Waals surface area contributed by atoms with Gasteiger partial charge in [0.25, 0.3) is 5.56 Å². The lowest BCUT2D eigenvalue weighted by Crippen LogP contribution is -2.35. The molecule has 5 nitrogen and oxygen atoms in total. The summed E-state index contributed by atoms with van der Waals surface area (Å²) in [4.78, 5) is 12.4. The second kappa shape index (κ2) is 8.69. The second-order valence-electron chi connectivity index (χ2n) is 6.29. The molecule has 2 rings (SSSR count). The molecule has 0 saturated heterocycles. The Labute approximate surface area is 155 Å². The van der Waals surface area contributed by atoms with E-state index in [1.54, 1.807) is 38.1 Å². The summed E-state index contributed by atoms with van der Waals surface area (Å²) in [6.07, 6.45) is -6.44. The topological polar surface area (TPSA) is 60.7 Å². The number of benzene rings is 1. The number of rotatable bonds is 7. The second-order valence-corrected chi connectivity index (χ2v) is 6.29. The van der Waals surface area contributed by atoms with Crippen molar-refractivity contribution < 1.29 is 27.8 Å². The molecule has 0 saturated carbocycles. The van der Waals surface area contributed by atoms with E-state index in [9.17, 15) is 23.1 Å². The number of aliphatic hydroxyl groups excluding tert-OH is 1. The first-order valence-electron chi connectivity index (χ1n) is 8.31. The van der Waals surface area contributed by atoms with Crippen LogP contribution in [0, 0.1) is 6.92 Å². The number of ether oxygens (including phenoxy) is 2. The Balaban J connectivity index is 2.51. The van der Waals surface area contributed by atoms with Crippen LogP contribution < -0.4 is 5.56 Å². The average Bonchev–Trinajstić information content (AvgIpc) is 2.60. The fourth-order valence-electron chi connectivity index (χ4n) is 2.61. The van der Waals surface area contributed by atoms with Gasteiger partial charge in [0.05, 0.1) is 30.0 Å². The van der Waals surface area contributed by atoms with Crippen LogP contribution in [0.15, 0.2) is 41.2 Å². The minimum atomic E-state index is -4.65. The molecule has 0 fully saturated rings. The number of hydrogen-bond donors (Lipinski definition) is 1. The van der Waals surface area contributed by atoms with Gasteiger partial charge in [-0.2, -0.15) is 13.2 Å². The zero-order valence-corrected chi connectivity index (χ0v) is 15.3. The zero-order valence-electron chi connectivity index (χ0n) is 15.3. The molecular formula is C19H22F3NO4. The lowest BCUT2D eigenvalue weighted by atomic mass is 10.0. The van der Waals surface area contributed by atoms with Gasteiger partial charge in [0, 0.05) is 13.2 Å². The Morgan fingerprint density at radius 1 is 1.22 bits per heavy atom. The molecule has 1 aromatic heterocycles. The molecule has 27 heavy (non-hydrogen) atoms. The van der Waals surface area contributed by atoms with Crippen molar-refractivity contribution in [2.45, 2.75) is 38.8 Å². The number of hydrogen-bond acceptors (Lipinski definition) is 4. The highest BCUT2D eigenvalue weighted by molar-refractivity contribution is 5.61. The summed E-state index contributed by atoms with van der Waals surface area (Å²) in [5.74, 6) is 0. The van der Waals surface area contributed by atoms with E-state index in [1.807, 2.05) is 0 Å². The number of aromatic nitrogens is 1.